The van der Waals surface area contributed by atoms with E-state index in [0.29, 0.717) is 11.3 Å². The maximum absolute atomic E-state index is 12.9. The summed E-state index contributed by atoms with van der Waals surface area (Å²) in [5.74, 6) is -0.506. The summed E-state index contributed by atoms with van der Waals surface area (Å²) in [4.78, 5) is 23.5. The van der Waals surface area contributed by atoms with Crippen LogP contribution in [0.25, 0.3) is 0 Å². The number of amides is 1. The Kier molecular flexibility index (Phi) is 6.97. The van der Waals surface area contributed by atoms with E-state index in [4.69, 9.17) is 0 Å². The number of carbonyl (C=O) groups excluding carboxylic acids is 1. The quantitative estimate of drug-likeness (QED) is 0.519. The van der Waals surface area contributed by atoms with Crippen LogP contribution in [0.1, 0.15) is 31.4 Å². The molecule has 1 N–H and O–H groups in total. The molecule has 0 unspecified atom stereocenters. The van der Waals surface area contributed by atoms with Crippen molar-refractivity contribution < 1.29 is 18.1 Å². The number of nitro groups is 1. The Hall–Kier alpha value is -2.94. The molecule has 9 heteroatoms. The molecule has 0 aliphatic rings. The molecule has 2 rings (SSSR count). The lowest BCUT2D eigenvalue weighted by atomic mass is 10.1. The zero-order chi connectivity index (χ0) is 21.8. The standard InChI is InChI=1S/C20H25N3O5S/c1-5-15-8-10-16(11-9-15)21-20(24)18(6-2)22(29(4,27)28)19-13-17(23(25)26)12-7-14(19)3/h7-13,18H,5-6H2,1-4H3,(H,21,24)/t18-/m1/s1. The molecular weight excluding hydrogens is 394 g/mol. The molecule has 0 saturated carbocycles. The molecule has 156 valence electrons. The van der Waals surface area contributed by atoms with Crippen LogP contribution in [0, 0.1) is 17.0 Å². The summed E-state index contributed by atoms with van der Waals surface area (Å²) >= 11 is 0. The fraction of sp³-hybridized carbons (Fsp3) is 0.350. The second-order valence-corrected chi connectivity index (χ2v) is 8.61. The number of rotatable bonds is 8. The van der Waals surface area contributed by atoms with E-state index in [2.05, 4.69) is 5.32 Å². The van der Waals surface area contributed by atoms with Crippen LogP contribution in [0.3, 0.4) is 0 Å². The van der Waals surface area contributed by atoms with Gasteiger partial charge in [-0.1, -0.05) is 32.0 Å². The summed E-state index contributed by atoms with van der Waals surface area (Å²) < 4.78 is 26.1. The van der Waals surface area contributed by atoms with Gasteiger partial charge in [0.15, 0.2) is 0 Å². The summed E-state index contributed by atoms with van der Waals surface area (Å²) in [5.41, 5.74) is 2.05. The Balaban J connectivity index is 2.45. The van der Waals surface area contributed by atoms with Gasteiger partial charge in [-0.3, -0.25) is 19.2 Å². The second-order valence-electron chi connectivity index (χ2n) is 6.75. The number of sulfonamides is 1. The van der Waals surface area contributed by atoms with Crippen molar-refractivity contribution in [3.05, 3.63) is 63.7 Å². The number of aryl methyl sites for hydroxylation is 2. The van der Waals surface area contributed by atoms with Gasteiger partial charge in [0.1, 0.15) is 6.04 Å². The predicted octanol–water partition coefficient (Wildman–Crippen LogP) is 3.65. The van der Waals surface area contributed by atoms with Crippen LogP contribution < -0.4 is 9.62 Å². The molecule has 0 spiro atoms. The minimum absolute atomic E-state index is 0.116. The zero-order valence-corrected chi connectivity index (χ0v) is 17.7. The predicted molar refractivity (Wildman–Crippen MR) is 114 cm³/mol. The van der Waals surface area contributed by atoms with Gasteiger partial charge in [0.25, 0.3) is 5.69 Å². The minimum Gasteiger partial charge on any atom is -0.324 e. The third-order valence-electron chi connectivity index (χ3n) is 4.60. The highest BCUT2D eigenvalue weighted by atomic mass is 32.2. The van der Waals surface area contributed by atoms with Gasteiger partial charge in [-0.2, -0.15) is 0 Å². The largest absolute Gasteiger partial charge is 0.324 e. The fourth-order valence-corrected chi connectivity index (χ4v) is 4.29. The molecule has 0 fully saturated rings. The lowest BCUT2D eigenvalue weighted by Gasteiger charge is -2.31. The zero-order valence-electron chi connectivity index (χ0n) is 16.9. The summed E-state index contributed by atoms with van der Waals surface area (Å²) in [6, 6.07) is 10.2. The highest BCUT2D eigenvalue weighted by Gasteiger charge is 2.33. The highest BCUT2D eigenvalue weighted by Crippen LogP contribution is 2.30. The molecule has 0 heterocycles. The van der Waals surface area contributed by atoms with Crippen molar-refractivity contribution in [1.82, 2.24) is 0 Å². The van der Waals surface area contributed by atoms with Gasteiger partial charge in [0.05, 0.1) is 16.9 Å². The van der Waals surface area contributed by atoms with Crippen LogP contribution in [0.15, 0.2) is 42.5 Å². The van der Waals surface area contributed by atoms with Gasteiger partial charge in [0, 0.05) is 17.8 Å². The van der Waals surface area contributed by atoms with Gasteiger partial charge < -0.3 is 5.32 Å². The molecular formula is C20H25N3O5S. The van der Waals surface area contributed by atoms with Gasteiger partial charge in [-0.15, -0.1) is 0 Å². The number of carbonyl (C=O) groups is 1. The summed E-state index contributed by atoms with van der Waals surface area (Å²) in [5, 5.41) is 13.9. The number of benzene rings is 2. The first-order valence-corrected chi connectivity index (χ1v) is 11.1. The van der Waals surface area contributed by atoms with E-state index in [0.717, 1.165) is 22.5 Å². The summed E-state index contributed by atoms with van der Waals surface area (Å²) in [6.45, 7) is 5.35. The summed E-state index contributed by atoms with van der Waals surface area (Å²) in [7, 11) is -3.89. The topological polar surface area (TPSA) is 110 Å². The Morgan fingerprint density at radius 3 is 2.28 bits per heavy atom. The van der Waals surface area contributed by atoms with E-state index >= 15 is 0 Å². The first-order valence-electron chi connectivity index (χ1n) is 9.22. The van der Waals surface area contributed by atoms with Crippen molar-refractivity contribution in [2.45, 2.75) is 39.7 Å². The van der Waals surface area contributed by atoms with Gasteiger partial charge in [-0.25, -0.2) is 8.42 Å². The van der Waals surface area contributed by atoms with Crippen molar-refractivity contribution in [3.63, 3.8) is 0 Å². The molecule has 0 aliphatic heterocycles. The van der Waals surface area contributed by atoms with Gasteiger partial charge in [0.2, 0.25) is 15.9 Å². The first-order chi connectivity index (χ1) is 13.6. The van der Waals surface area contributed by atoms with Crippen molar-refractivity contribution in [2.24, 2.45) is 0 Å². The molecule has 1 amide bonds. The van der Waals surface area contributed by atoms with E-state index in [1.165, 1.54) is 18.2 Å². The molecule has 2 aromatic rings. The third-order valence-corrected chi connectivity index (χ3v) is 5.77. The third kappa shape index (κ3) is 5.32. The number of hydrogen-bond acceptors (Lipinski definition) is 5. The molecule has 0 aromatic heterocycles. The van der Waals surface area contributed by atoms with E-state index in [1.807, 2.05) is 19.1 Å². The lowest BCUT2D eigenvalue weighted by Crippen LogP contribution is -2.47. The number of nitro benzene ring substituents is 1. The van der Waals surface area contributed by atoms with Gasteiger partial charge in [-0.05, 0) is 43.0 Å². The average molecular weight is 420 g/mol. The lowest BCUT2D eigenvalue weighted by molar-refractivity contribution is -0.384. The van der Waals surface area contributed by atoms with Gasteiger partial charge >= 0.3 is 0 Å². The normalized spacial score (nSPS) is 12.3. The molecule has 2 aromatic carbocycles. The Bertz CT molecular complexity index is 1000. The van der Waals surface area contributed by atoms with E-state index in [1.54, 1.807) is 26.0 Å². The Morgan fingerprint density at radius 2 is 1.79 bits per heavy atom. The number of nitrogens with one attached hydrogen (secondary N) is 1. The maximum atomic E-state index is 12.9. The van der Waals surface area contributed by atoms with Crippen molar-refractivity contribution >= 4 is 33.0 Å². The van der Waals surface area contributed by atoms with Crippen LogP contribution in [0.4, 0.5) is 17.1 Å². The van der Waals surface area contributed by atoms with Crippen LogP contribution in [0.5, 0.6) is 0 Å². The SMILES string of the molecule is CCc1ccc(NC(=O)[C@@H](CC)N(c2cc([N+](=O)[O-])ccc2C)S(C)(=O)=O)cc1. The van der Waals surface area contributed by atoms with E-state index in [9.17, 15) is 23.3 Å². The maximum Gasteiger partial charge on any atom is 0.271 e. The van der Waals surface area contributed by atoms with Crippen LogP contribution in [0.2, 0.25) is 0 Å². The molecule has 29 heavy (non-hydrogen) atoms. The molecule has 8 nitrogen and oxygen atoms in total. The van der Waals surface area contributed by atoms with Crippen molar-refractivity contribution in [2.75, 3.05) is 15.9 Å². The molecule has 0 aliphatic carbocycles. The summed E-state index contributed by atoms with van der Waals surface area (Å²) in [6.07, 6.45) is 2.03. The van der Waals surface area contributed by atoms with Crippen molar-refractivity contribution in [1.29, 1.82) is 0 Å². The minimum atomic E-state index is -3.89. The fourth-order valence-electron chi connectivity index (χ4n) is 3.03. The molecule has 1 atom stereocenters. The smallest absolute Gasteiger partial charge is 0.271 e. The first kappa shape index (κ1) is 22.4. The Morgan fingerprint density at radius 1 is 1.17 bits per heavy atom. The van der Waals surface area contributed by atoms with Crippen molar-refractivity contribution in [3.8, 4) is 0 Å². The number of anilines is 2. The average Bonchev–Trinajstić information content (AvgIpc) is 2.66. The van der Waals surface area contributed by atoms with E-state index in [-0.39, 0.29) is 17.8 Å². The van der Waals surface area contributed by atoms with Crippen LogP contribution >= 0.6 is 0 Å². The highest BCUT2D eigenvalue weighted by molar-refractivity contribution is 7.92. The van der Waals surface area contributed by atoms with Crippen LogP contribution in [-0.4, -0.2) is 31.5 Å². The number of non-ortho nitro benzene ring substituents is 1. The number of hydrogen-bond donors (Lipinski definition) is 1. The molecule has 0 radical (unpaired) electrons. The van der Waals surface area contributed by atoms with E-state index < -0.39 is 26.9 Å². The molecule has 0 saturated heterocycles. The number of nitrogens with zero attached hydrogens (tertiary/aromatic N) is 2. The second kappa shape index (κ2) is 9.04. The Labute approximate surface area is 170 Å². The monoisotopic (exact) mass is 419 g/mol. The van der Waals surface area contributed by atoms with Crippen LogP contribution in [-0.2, 0) is 21.2 Å². The molecule has 0 bridgehead atoms.